The summed E-state index contributed by atoms with van der Waals surface area (Å²) in [6.45, 7) is -1.09. The Kier molecular flexibility index (Phi) is 20.6. The summed E-state index contributed by atoms with van der Waals surface area (Å²) in [7, 11) is 0. The van der Waals surface area contributed by atoms with Crippen molar-refractivity contribution in [2.45, 2.75) is 169 Å². The lowest BCUT2D eigenvalue weighted by Crippen LogP contribution is -2.70. The zero-order valence-electron chi connectivity index (χ0n) is 31.8. The van der Waals surface area contributed by atoms with Gasteiger partial charge in [0.2, 0.25) is 5.91 Å². The molecular formula is C34H60N4O19. The van der Waals surface area contributed by atoms with Gasteiger partial charge >= 0.3 is 5.97 Å². The van der Waals surface area contributed by atoms with Crippen molar-refractivity contribution in [3.05, 3.63) is 10.4 Å². The first kappa shape index (κ1) is 49.0. The number of carbonyl (C=O) groups excluding carboxylic acids is 1. The number of ether oxygens (including phenoxy) is 6. The Hall–Kier alpha value is -2.39. The number of hydrogen-bond acceptors (Lipinski definition) is 19. The minimum atomic E-state index is -3.03. The maximum atomic E-state index is 12.8. The van der Waals surface area contributed by atoms with E-state index in [1.807, 2.05) is 0 Å². The second-order valence-electron chi connectivity index (χ2n) is 14.5. The number of unbranched alkanes of at least 4 members (excludes halogenated alkanes) is 8. The third kappa shape index (κ3) is 13.3. The first-order valence-corrected chi connectivity index (χ1v) is 19.2. The summed E-state index contributed by atoms with van der Waals surface area (Å²) in [6.07, 6.45) is -18.3. The summed E-state index contributed by atoms with van der Waals surface area (Å²) in [4.78, 5) is 27.4. The van der Waals surface area contributed by atoms with Crippen LogP contribution in [0.5, 0.6) is 0 Å². The lowest BCUT2D eigenvalue weighted by Gasteiger charge is -2.50. The maximum Gasteiger partial charge on any atom is 0.364 e. The predicted molar refractivity (Wildman–Crippen MR) is 189 cm³/mol. The van der Waals surface area contributed by atoms with Crippen molar-refractivity contribution in [2.75, 3.05) is 33.0 Å². The van der Waals surface area contributed by atoms with Crippen LogP contribution in [0.2, 0.25) is 0 Å². The second kappa shape index (κ2) is 24.0. The molecule has 12 N–H and O–H groups in total. The van der Waals surface area contributed by atoms with Gasteiger partial charge in [-0.25, -0.2) is 4.79 Å². The van der Waals surface area contributed by atoms with Gasteiger partial charge in [0.25, 0.3) is 5.79 Å². The average molecular weight is 829 g/mol. The fourth-order valence-electron chi connectivity index (χ4n) is 7.05. The van der Waals surface area contributed by atoms with Gasteiger partial charge < -0.3 is 89.9 Å². The van der Waals surface area contributed by atoms with Crippen LogP contribution in [0.15, 0.2) is 5.11 Å². The van der Waals surface area contributed by atoms with Gasteiger partial charge in [0, 0.05) is 31.4 Å². The SMILES string of the molecule is CC(=O)N[C@H]1[C@H]([C@H](O)[C@H](O)CO)O[C@@](O[C@H]2[C@@H](O)[C@@H](CO)O[C@@H](O[C@H]3[C@H](O)[C@@H](O)[C@H](OCCCCCCCCCCCN=[N+]=[N-])O[C@@H]3CO)[C@@H]2O)(C(=O)O)C[C@@H]1O. The lowest BCUT2D eigenvalue weighted by atomic mass is 9.88. The molecule has 23 heteroatoms. The molecule has 3 aliphatic heterocycles. The lowest BCUT2D eigenvalue weighted by molar-refractivity contribution is -0.386. The highest BCUT2D eigenvalue weighted by Gasteiger charge is 2.60. The van der Waals surface area contributed by atoms with Gasteiger partial charge in [-0.3, -0.25) is 4.79 Å². The number of aliphatic hydroxyl groups excluding tert-OH is 10. The Morgan fingerprint density at radius 2 is 1.44 bits per heavy atom. The second-order valence-corrected chi connectivity index (χ2v) is 14.5. The van der Waals surface area contributed by atoms with Crippen LogP contribution in [-0.2, 0) is 38.0 Å². The first-order chi connectivity index (χ1) is 27.2. The third-order valence-electron chi connectivity index (χ3n) is 10.2. The van der Waals surface area contributed by atoms with E-state index in [2.05, 4.69) is 15.3 Å². The van der Waals surface area contributed by atoms with Crippen LogP contribution in [0, 0.1) is 0 Å². The van der Waals surface area contributed by atoms with Crippen molar-refractivity contribution in [2.24, 2.45) is 5.11 Å². The van der Waals surface area contributed by atoms with Crippen molar-refractivity contribution >= 4 is 11.9 Å². The highest BCUT2D eigenvalue weighted by atomic mass is 16.8. The van der Waals surface area contributed by atoms with Gasteiger partial charge in [-0.15, -0.1) is 0 Å². The summed E-state index contributed by atoms with van der Waals surface area (Å²) < 4.78 is 33.8. The van der Waals surface area contributed by atoms with Gasteiger partial charge in [0.05, 0.1) is 32.0 Å². The van der Waals surface area contributed by atoms with Crippen LogP contribution in [0.1, 0.15) is 71.1 Å². The summed E-state index contributed by atoms with van der Waals surface area (Å²) in [6, 6.07) is -1.54. The fraction of sp³-hybridized carbons (Fsp3) is 0.941. The third-order valence-corrected chi connectivity index (χ3v) is 10.2. The van der Waals surface area contributed by atoms with Gasteiger partial charge in [-0.1, -0.05) is 50.1 Å². The minimum absolute atomic E-state index is 0.154. The van der Waals surface area contributed by atoms with Crippen molar-refractivity contribution in [3.8, 4) is 0 Å². The molecule has 3 rings (SSSR count). The number of carboxylic acid groups (broad SMARTS) is 1. The number of aliphatic hydroxyl groups is 10. The normalized spacial score (nSPS) is 36.9. The van der Waals surface area contributed by atoms with E-state index in [-0.39, 0.29) is 6.61 Å². The number of carboxylic acids is 1. The molecule has 0 aliphatic carbocycles. The van der Waals surface area contributed by atoms with Crippen molar-refractivity contribution < 1.29 is 94.2 Å². The molecule has 16 atom stereocenters. The van der Waals surface area contributed by atoms with Crippen LogP contribution in [0.25, 0.3) is 10.4 Å². The number of nitrogens with one attached hydrogen (secondary N) is 1. The summed E-state index contributed by atoms with van der Waals surface area (Å²) in [5.41, 5.74) is 8.30. The molecule has 330 valence electrons. The zero-order chi connectivity index (χ0) is 42.3. The Morgan fingerprint density at radius 1 is 0.842 bits per heavy atom. The number of carbonyl (C=O) groups is 2. The van der Waals surface area contributed by atoms with Crippen LogP contribution in [-0.4, -0.2) is 199 Å². The van der Waals surface area contributed by atoms with Crippen molar-refractivity contribution in [1.29, 1.82) is 0 Å². The number of aliphatic carboxylic acids is 1. The van der Waals surface area contributed by atoms with Crippen LogP contribution >= 0.6 is 0 Å². The molecular weight excluding hydrogens is 768 g/mol. The molecule has 0 aromatic heterocycles. The van der Waals surface area contributed by atoms with E-state index in [0.29, 0.717) is 13.0 Å². The van der Waals surface area contributed by atoms with Crippen LogP contribution < -0.4 is 5.32 Å². The molecule has 57 heavy (non-hydrogen) atoms. The molecule has 1 amide bonds. The van der Waals surface area contributed by atoms with Gasteiger partial charge in [-0.2, -0.15) is 0 Å². The van der Waals surface area contributed by atoms with Gasteiger partial charge in [0.15, 0.2) is 12.6 Å². The molecule has 0 radical (unpaired) electrons. The Balaban J connectivity index is 1.66. The number of amides is 1. The summed E-state index contributed by atoms with van der Waals surface area (Å²) >= 11 is 0. The topological polar surface area (TPSA) is 373 Å². The molecule has 3 fully saturated rings. The van der Waals surface area contributed by atoms with Crippen molar-refractivity contribution in [3.63, 3.8) is 0 Å². The smallest absolute Gasteiger partial charge is 0.364 e. The molecule has 0 saturated carbocycles. The van der Waals surface area contributed by atoms with Gasteiger partial charge in [0.1, 0.15) is 67.1 Å². The molecule has 3 heterocycles. The van der Waals surface area contributed by atoms with Crippen LogP contribution in [0.3, 0.4) is 0 Å². The number of rotatable bonds is 24. The number of hydrogen-bond donors (Lipinski definition) is 12. The van der Waals surface area contributed by atoms with Crippen molar-refractivity contribution in [1.82, 2.24) is 5.32 Å². The molecule has 0 aromatic carbocycles. The maximum absolute atomic E-state index is 12.8. The Bertz CT molecular complexity index is 1270. The highest BCUT2D eigenvalue weighted by molar-refractivity contribution is 5.76. The Morgan fingerprint density at radius 3 is 2.00 bits per heavy atom. The predicted octanol–water partition coefficient (Wildman–Crippen LogP) is -3.38. The standard InChI is InChI=1S/C34H60N4O19/c1-17(42)37-22-18(43)13-34(33(50)51,56-29(22)23(45)19(44)14-39)57-30-24(46)20(15-40)53-32(27(30)49)55-28-21(16-41)54-31(26(48)25(28)47)52-12-10-8-6-4-2-3-5-7-9-11-36-38-35/h18-32,39-41,43-49H,2-16H2,1H3,(H,37,42)(H,50,51)/t18-,19+,20+,21+,22+,23+,24-,25+,26+,27+,28+,29+,30-,31+,32-,34-/m0/s1. The minimum Gasteiger partial charge on any atom is -0.477 e. The van der Waals surface area contributed by atoms with E-state index in [1.165, 1.54) is 0 Å². The highest BCUT2D eigenvalue weighted by Crippen LogP contribution is 2.38. The van der Waals surface area contributed by atoms with Crippen LogP contribution in [0.4, 0.5) is 0 Å². The molecule has 3 aliphatic rings. The average Bonchev–Trinajstić information content (AvgIpc) is 3.18. The van der Waals surface area contributed by atoms with E-state index >= 15 is 0 Å². The molecule has 0 bridgehead atoms. The molecule has 0 unspecified atom stereocenters. The van der Waals surface area contributed by atoms with E-state index in [4.69, 9.17) is 34.0 Å². The molecule has 0 aromatic rings. The quantitative estimate of drug-likeness (QED) is 0.0195. The van der Waals surface area contributed by atoms with E-state index in [0.717, 1.165) is 58.3 Å². The molecule has 3 saturated heterocycles. The molecule has 0 spiro atoms. The first-order valence-electron chi connectivity index (χ1n) is 19.2. The monoisotopic (exact) mass is 828 g/mol. The zero-order valence-corrected chi connectivity index (χ0v) is 31.8. The molecule has 23 nitrogen and oxygen atoms in total. The largest absolute Gasteiger partial charge is 0.477 e. The summed E-state index contributed by atoms with van der Waals surface area (Å²) in [5, 5.41) is 122. The van der Waals surface area contributed by atoms with E-state index in [1.54, 1.807) is 0 Å². The summed E-state index contributed by atoms with van der Waals surface area (Å²) in [5.74, 6) is -5.73. The van der Waals surface area contributed by atoms with E-state index in [9.17, 15) is 65.8 Å². The van der Waals surface area contributed by atoms with E-state index < -0.39 is 136 Å². The number of nitrogens with zero attached hydrogens (tertiary/aromatic N) is 3. The number of azide groups is 1. The van der Waals surface area contributed by atoms with Gasteiger partial charge in [-0.05, 0) is 18.4 Å². The Labute approximate surface area is 328 Å². The fourth-order valence-corrected chi connectivity index (χ4v) is 7.05.